The Morgan fingerprint density at radius 1 is 1.62 bits per heavy atom. The molecule has 0 fully saturated rings. The van der Waals surface area contributed by atoms with Crippen LogP contribution in [0.25, 0.3) is 0 Å². The molecule has 5 heteroatoms. The number of nitrogens with zero attached hydrogens (tertiary/aromatic N) is 1. The largest absolute Gasteiger partial charge is 0.355 e. The summed E-state index contributed by atoms with van der Waals surface area (Å²) >= 11 is 1.53. The minimum atomic E-state index is 0.0129. The van der Waals surface area contributed by atoms with Crippen molar-refractivity contribution >= 4 is 17.2 Å². The van der Waals surface area contributed by atoms with Crippen LogP contribution in [0.5, 0.6) is 0 Å². The van der Waals surface area contributed by atoms with E-state index in [4.69, 9.17) is 5.26 Å². The molecule has 0 aliphatic rings. The third kappa shape index (κ3) is 4.43. The minimum absolute atomic E-state index is 0.0129. The summed E-state index contributed by atoms with van der Waals surface area (Å²) in [7, 11) is 0. The van der Waals surface area contributed by atoms with Crippen molar-refractivity contribution in [1.82, 2.24) is 10.6 Å². The third-order valence-corrected chi connectivity index (χ3v) is 2.88. The van der Waals surface area contributed by atoms with E-state index in [9.17, 15) is 4.79 Å². The number of carbonyl (C=O) groups is 1. The molecule has 2 N–H and O–H groups in total. The number of thiophene rings is 1. The summed E-state index contributed by atoms with van der Waals surface area (Å²) in [5, 5.41) is 16.3. The second-order valence-corrected chi connectivity index (χ2v) is 4.36. The van der Waals surface area contributed by atoms with E-state index in [2.05, 4.69) is 16.7 Å². The molecule has 1 aromatic rings. The molecule has 0 saturated carbocycles. The number of nitrogens with one attached hydrogen (secondary N) is 2. The van der Waals surface area contributed by atoms with E-state index in [1.807, 2.05) is 18.4 Å². The van der Waals surface area contributed by atoms with Crippen molar-refractivity contribution in [3.05, 3.63) is 21.9 Å². The fourth-order valence-corrected chi connectivity index (χ4v) is 1.94. The summed E-state index contributed by atoms with van der Waals surface area (Å²) in [5.41, 5.74) is 0.678. The summed E-state index contributed by atoms with van der Waals surface area (Å²) in [6, 6.07) is 3.91. The molecular formula is C11H15N3OS. The Bertz CT molecular complexity index is 381. The zero-order valence-corrected chi connectivity index (χ0v) is 10.1. The molecule has 1 heterocycles. The monoisotopic (exact) mass is 237 g/mol. The Morgan fingerprint density at radius 3 is 3.06 bits per heavy atom. The zero-order chi connectivity index (χ0) is 11.8. The first-order valence-electron chi connectivity index (χ1n) is 5.21. The number of nitriles is 1. The number of carbonyl (C=O) groups excluding carboxylic acids is 1. The molecule has 0 spiro atoms. The van der Waals surface area contributed by atoms with E-state index >= 15 is 0 Å². The molecule has 0 saturated heterocycles. The molecule has 0 aliphatic heterocycles. The van der Waals surface area contributed by atoms with Crippen LogP contribution in [-0.2, 0) is 11.3 Å². The smallest absolute Gasteiger partial charge is 0.233 e. The van der Waals surface area contributed by atoms with Crippen LogP contribution >= 0.6 is 11.3 Å². The molecule has 86 valence electrons. The molecule has 0 bridgehead atoms. The first-order chi connectivity index (χ1) is 7.76. The molecule has 0 radical (unpaired) electrons. The number of amides is 1. The van der Waals surface area contributed by atoms with Crippen molar-refractivity contribution in [2.45, 2.75) is 19.9 Å². The maximum Gasteiger partial charge on any atom is 0.233 e. The van der Waals surface area contributed by atoms with E-state index in [1.165, 1.54) is 11.3 Å². The van der Waals surface area contributed by atoms with Gasteiger partial charge in [0.1, 0.15) is 6.07 Å². The van der Waals surface area contributed by atoms with Crippen LogP contribution in [0.4, 0.5) is 0 Å². The molecule has 0 unspecified atom stereocenters. The van der Waals surface area contributed by atoms with Gasteiger partial charge in [-0.2, -0.15) is 5.26 Å². The van der Waals surface area contributed by atoms with Crippen LogP contribution in [0.2, 0.25) is 0 Å². The van der Waals surface area contributed by atoms with E-state index in [-0.39, 0.29) is 5.91 Å². The second kappa shape index (κ2) is 6.99. The van der Waals surface area contributed by atoms with Gasteiger partial charge in [-0.3, -0.25) is 4.79 Å². The van der Waals surface area contributed by atoms with Crippen molar-refractivity contribution in [2.75, 3.05) is 13.1 Å². The van der Waals surface area contributed by atoms with Gasteiger partial charge in [-0.1, -0.05) is 6.92 Å². The average Bonchev–Trinajstić information content (AvgIpc) is 2.74. The van der Waals surface area contributed by atoms with Crippen LogP contribution in [0.3, 0.4) is 0 Å². The lowest BCUT2D eigenvalue weighted by molar-refractivity contribution is -0.120. The molecule has 0 aromatic carbocycles. The molecule has 16 heavy (non-hydrogen) atoms. The molecule has 4 nitrogen and oxygen atoms in total. The fourth-order valence-electron chi connectivity index (χ4n) is 1.16. The Morgan fingerprint density at radius 2 is 2.44 bits per heavy atom. The van der Waals surface area contributed by atoms with Gasteiger partial charge in [0, 0.05) is 23.3 Å². The van der Waals surface area contributed by atoms with Crippen molar-refractivity contribution in [3.8, 4) is 6.07 Å². The van der Waals surface area contributed by atoms with Crippen molar-refractivity contribution < 1.29 is 4.79 Å². The lowest BCUT2D eigenvalue weighted by atomic mass is 10.3. The molecule has 1 rings (SSSR count). The highest BCUT2D eigenvalue weighted by atomic mass is 32.1. The number of hydrogen-bond donors (Lipinski definition) is 2. The highest BCUT2D eigenvalue weighted by molar-refractivity contribution is 7.10. The van der Waals surface area contributed by atoms with Gasteiger partial charge in [-0.25, -0.2) is 0 Å². The van der Waals surface area contributed by atoms with Gasteiger partial charge in [-0.05, 0) is 12.5 Å². The molecular weight excluding hydrogens is 222 g/mol. The maximum atomic E-state index is 11.2. The quantitative estimate of drug-likeness (QED) is 0.782. The minimum Gasteiger partial charge on any atom is -0.355 e. The average molecular weight is 237 g/mol. The van der Waals surface area contributed by atoms with Crippen LogP contribution in [0.1, 0.15) is 23.8 Å². The predicted octanol–water partition coefficient (Wildman–Crippen LogP) is 1.24. The topological polar surface area (TPSA) is 64.9 Å². The van der Waals surface area contributed by atoms with Gasteiger partial charge in [-0.15, -0.1) is 11.3 Å². The number of rotatable bonds is 6. The van der Waals surface area contributed by atoms with E-state index in [0.29, 0.717) is 18.7 Å². The van der Waals surface area contributed by atoms with Crippen LogP contribution in [0.15, 0.2) is 11.4 Å². The van der Waals surface area contributed by atoms with E-state index < -0.39 is 0 Å². The Kier molecular flexibility index (Phi) is 5.54. The first kappa shape index (κ1) is 12.7. The Balaban J connectivity index is 2.20. The molecule has 0 atom stereocenters. The van der Waals surface area contributed by atoms with Crippen molar-refractivity contribution in [3.63, 3.8) is 0 Å². The standard InChI is InChI=1S/C11H15N3OS/c1-2-3-14-11(15)7-13-6-10-4-9(5-12)8-16-10/h4,8,13H,2-3,6-7H2,1H3,(H,14,15). The van der Waals surface area contributed by atoms with Gasteiger partial charge in [0.25, 0.3) is 0 Å². The second-order valence-electron chi connectivity index (χ2n) is 3.37. The zero-order valence-electron chi connectivity index (χ0n) is 9.25. The lowest BCUT2D eigenvalue weighted by Crippen LogP contribution is -2.33. The van der Waals surface area contributed by atoms with Gasteiger partial charge in [0.05, 0.1) is 12.1 Å². The Labute approximate surface area is 99.3 Å². The molecule has 0 aliphatic carbocycles. The maximum absolute atomic E-state index is 11.2. The highest BCUT2D eigenvalue weighted by Crippen LogP contribution is 2.12. The number of hydrogen-bond acceptors (Lipinski definition) is 4. The normalized spacial score (nSPS) is 9.75. The fraction of sp³-hybridized carbons (Fsp3) is 0.455. The first-order valence-corrected chi connectivity index (χ1v) is 6.09. The summed E-state index contributed by atoms with van der Waals surface area (Å²) in [6.07, 6.45) is 0.947. The van der Waals surface area contributed by atoms with Gasteiger partial charge < -0.3 is 10.6 Å². The van der Waals surface area contributed by atoms with Crippen LogP contribution in [-0.4, -0.2) is 19.0 Å². The lowest BCUT2D eigenvalue weighted by Gasteiger charge is -2.04. The SMILES string of the molecule is CCCNC(=O)CNCc1cc(C#N)cs1. The predicted molar refractivity (Wildman–Crippen MR) is 64.0 cm³/mol. The Hall–Kier alpha value is -1.38. The van der Waals surface area contributed by atoms with Crippen LogP contribution in [0, 0.1) is 11.3 Å². The highest BCUT2D eigenvalue weighted by Gasteiger charge is 2.01. The van der Waals surface area contributed by atoms with Gasteiger partial charge in [0.2, 0.25) is 5.91 Å². The van der Waals surface area contributed by atoms with E-state index in [1.54, 1.807) is 0 Å². The molecule has 1 aromatic heterocycles. The summed E-state index contributed by atoms with van der Waals surface area (Å²) in [5.74, 6) is 0.0129. The summed E-state index contributed by atoms with van der Waals surface area (Å²) < 4.78 is 0. The van der Waals surface area contributed by atoms with Gasteiger partial charge >= 0.3 is 0 Å². The summed E-state index contributed by atoms with van der Waals surface area (Å²) in [4.78, 5) is 12.3. The van der Waals surface area contributed by atoms with Crippen molar-refractivity contribution in [2.24, 2.45) is 0 Å². The van der Waals surface area contributed by atoms with Crippen LogP contribution < -0.4 is 10.6 Å². The van der Waals surface area contributed by atoms with Crippen molar-refractivity contribution in [1.29, 1.82) is 5.26 Å². The van der Waals surface area contributed by atoms with E-state index in [0.717, 1.165) is 17.8 Å². The third-order valence-electron chi connectivity index (χ3n) is 1.94. The molecule has 1 amide bonds. The summed E-state index contributed by atoms with van der Waals surface area (Å²) in [6.45, 7) is 3.69. The van der Waals surface area contributed by atoms with Gasteiger partial charge in [0.15, 0.2) is 0 Å².